The molecule has 1 aliphatic rings. The zero-order valence-electron chi connectivity index (χ0n) is 10.9. The largest absolute Gasteiger partial charge is 0.495 e. The lowest BCUT2D eigenvalue weighted by molar-refractivity contribution is -0.116. The molecule has 1 fully saturated rings. The molecule has 0 aliphatic heterocycles. The number of carbonyl (C=O) groups excluding carboxylic acids is 1. The van der Waals surface area contributed by atoms with Gasteiger partial charge >= 0.3 is 0 Å². The second-order valence-corrected chi connectivity index (χ2v) is 4.96. The maximum absolute atomic E-state index is 11.9. The van der Waals surface area contributed by atoms with Crippen molar-refractivity contribution in [2.75, 3.05) is 12.4 Å². The molecule has 3 N–H and O–H groups in total. The van der Waals surface area contributed by atoms with Crippen molar-refractivity contribution in [1.29, 1.82) is 0 Å². The summed E-state index contributed by atoms with van der Waals surface area (Å²) in [7, 11) is 1.60. The Labute approximate surface area is 108 Å². The van der Waals surface area contributed by atoms with Crippen LogP contribution in [-0.4, -0.2) is 19.1 Å². The summed E-state index contributed by atoms with van der Waals surface area (Å²) in [6.07, 6.45) is 2.69. The molecule has 1 atom stereocenters. The van der Waals surface area contributed by atoms with E-state index in [0.717, 1.165) is 18.4 Å². The molecule has 98 valence electrons. The van der Waals surface area contributed by atoms with Gasteiger partial charge in [0, 0.05) is 12.5 Å². The summed E-state index contributed by atoms with van der Waals surface area (Å²) in [5, 5.41) is 2.86. The highest BCUT2D eigenvalue weighted by molar-refractivity contribution is 5.92. The molecule has 0 aromatic heterocycles. The van der Waals surface area contributed by atoms with E-state index in [9.17, 15) is 4.79 Å². The molecule has 1 unspecified atom stereocenters. The molecule has 0 heterocycles. The van der Waals surface area contributed by atoms with E-state index < -0.39 is 0 Å². The summed E-state index contributed by atoms with van der Waals surface area (Å²) in [5.41, 5.74) is 7.74. The van der Waals surface area contributed by atoms with Crippen LogP contribution >= 0.6 is 0 Å². The van der Waals surface area contributed by atoms with E-state index in [1.54, 1.807) is 7.11 Å². The number of methoxy groups -OCH3 is 1. The minimum Gasteiger partial charge on any atom is -0.495 e. The first kappa shape index (κ1) is 12.9. The lowest BCUT2D eigenvalue weighted by atomic mass is 10.1. The Bertz CT molecular complexity index is 441. The van der Waals surface area contributed by atoms with Crippen molar-refractivity contribution in [3.05, 3.63) is 23.8 Å². The van der Waals surface area contributed by atoms with Gasteiger partial charge in [0.25, 0.3) is 0 Å². The monoisotopic (exact) mass is 248 g/mol. The summed E-state index contributed by atoms with van der Waals surface area (Å²) in [5.74, 6) is 1.18. The minimum absolute atomic E-state index is 0.0126. The van der Waals surface area contributed by atoms with Crippen LogP contribution in [0.15, 0.2) is 18.2 Å². The lowest BCUT2D eigenvalue weighted by Gasteiger charge is -2.13. The van der Waals surface area contributed by atoms with Crippen molar-refractivity contribution < 1.29 is 9.53 Å². The smallest absolute Gasteiger partial charge is 0.226 e. The average Bonchev–Trinajstić information content (AvgIpc) is 3.15. The van der Waals surface area contributed by atoms with Crippen molar-refractivity contribution in [3.8, 4) is 5.75 Å². The van der Waals surface area contributed by atoms with Crippen molar-refractivity contribution in [3.63, 3.8) is 0 Å². The van der Waals surface area contributed by atoms with Crippen LogP contribution < -0.4 is 15.8 Å². The number of carbonyl (C=O) groups is 1. The van der Waals surface area contributed by atoms with Crippen LogP contribution in [0.25, 0.3) is 0 Å². The van der Waals surface area contributed by atoms with Crippen molar-refractivity contribution in [2.24, 2.45) is 11.7 Å². The number of aryl methyl sites for hydroxylation is 1. The molecule has 0 bridgehead atoms. The highest BCUT2D eigenvalue weighted by Crippen LogP contribution is 2.33. The van der Waals surface area contributed by atoms with E-state index in [1.807, 2.05) is 25.1 Å². The van der Waals surface area contributed by atoms with Crippen LogP contribution in [0.5, 0.6) is 5.75 Å². The van der Waals surface area contributed by atoms with Gasteiger partial charge in [0.1, 0.15) is 5.75 Å². The van der Waals surface area contributed by atoms with Crippen LogP contribution in [0.4, 0.5) is 5.69 Å². The summed E-state index contributed by atoms with van der Waals surface area (Å²) >= 11 is 0. The molecule has 0 radical (unpaired) electrons. The quantitative estimate of drug-likeness (QED) is 0.838. The Morgan fingerprint density at radius 2 is 2.28 bits per heavy atom. The fraction of sp³-hybridized carbons (Fsp3) is 0.500. The van der Waals surface area contributed by atoms with E-state index in [2.05, 4.69) is 5.32 Å². The molecule has 2 rings (SSSR count). The van der Waals surface area contributed by atoms with Gasteiger partial charge in [-0.05, 0) is 43.4 Å². The number of rotatable bonds is 5. The standard InChI is InChI=1S/C14H20N2O2/c1-9-3-6-12(13(7-9)18-2)16-14(17)8-11(15)10-4-5-10/h3,6-7,10-11H,4-5,8,15H2,1-2H3,(H,16,17). The molecule has 0 saturated heterocycles. The number of anilines is 1. The van der Waals surface area contributed by atoms with Crippen molar-refractivity contribution >= 4 is 11.6 Å². The molecule has 18 heavy (non-hydrogen) atoms. The van der Waals surface area contributed by atoms with Crippen LogP contribution in [-0.2, 0) is 4.79 Å². The van der Waals surface area contributed by atoms with E-state index in [1.165, 1.54) is 0 Å². The van der Waals surface area contributed by atoms with Crippen molar-refractivity contribution in [2.45, 2.75) is 32.2 Å². The SMILES string of the molecule is COc1cc(C)ccc1NC(=O)CC(N)C1CC1. The van der Waals surface area contributed by atoms with Gasteiger partial charge < -0.3 is 15.8 Å². The Hall–Kier alpha value is -1.55. The fourth-order valence-corrected chi connectivity index (χ4v) is 2.01. The first-order valence-corrected chi connectivity index (χ1v) is 6.30. The topological polar surface area (TPSA) is 64.3 Å². The molecule has 0 spiro atoms. The number of hydrogen-bond donors (Lipinski definition) is 2. The van der Waals surface area contributed by atoms with Gasteiger partial charge in [0.05, 0.1) is 12.8 Å². The Kier molecular flexibility index (Phi) is 3.87. The van der Waals surface area contributed by atoms with Crippen molar-refractivity contribution in [1.82, 2.24) is 0 Å². The molecule has 1 aromatic carbocycles. The third-order valence-corrected chi connectivity index (χ3v) is 3.28. The number of hydrogen-bond acceptors (Lipinski definition) is 3. The Morgan fingerprint density at radius 1 is 1.56 bits per heavy atom. The highest BCUT2D eigenvalue weighted by atomic mass is 16.5. The summed E-state index contributed by atoms with van der Waals surface area (Å²) < 4.78 is 5.25. The van der Waals surface area contributed by atoms with E-state index in [0.29, 0.717) is 23.8 Å². The predicted molar refractivity (Wildman–Crippen MR) is 71.7 cm³/mol. The maximum atomic E-state index is 11.9. The van der Waals surface area contributed by atoms with E-state index in [4.69, 9.17) is 10.5 Å². The average molecular weight is 248 g/mol. The van der Waals surface area contributed by atoms with Gasteiger partial charge in [0.2, 0.25) is 5.91 Å². The Morgan fingerprint density at radius 3 is 2.89 bits per heavy atom. The minimum atomic E-state index is -0.0449. The third kappa shape index (κ3) is 3.23. The van der Waals surface area contributed by atoms with Gasteiger partial charge in [-0.2, -0.15) is 0 Å². The van der Waals surface area contributed by atoms with Gasteiger partial charge in [0.15, 0.2) is 0 Å². The summed E-state index contributed by atoms with van der Waals surface area (Å²) in [4.78, 5) is 11.9. The second-order valence-electron chi connectivity index (χ2n) is 4.96. The zero-order valence-corrected chi connectivity index (χ0v) is 10.9. The summed E-state index contributed by atoms with van der Waals surface area (Å²) in [6.45, 7) is 1.98. The second kappa shape index (κ2) is 5.40. The first-order valence-electron chi connectivity index (χ1n) is 6.30. The fourth-order valence-electron chi connectivity index (χ4n) is 2.01. The normalized spacial score (nSPS) is 16.2. The van der Waals surface area contributed by atoms with E-state index in [-0.39, 0.29) is 11.9 Å². The lowest BCUT2D eigenvalue weighted by Crippen LogP contribution is -2.28. The number of benzene rings is 1. The molecular formula is C14H20N2O2. The van der Waals surface area contributed by atoms with Crippen LogP contribution in [0, 0.1) is 12.8 Å². The van der Waals surface area contributed by atoms with Crippen LogP contribution in [0.1, 0.15) is 24.8 Å². The molecule has 1 aromatic rings. The van der Waals surface area contributed by atoms with Gasteiger partial charge in [-0.15, -0.1) is 0 Å². The maximum Gasteiger partial charge on any atom is 0.226 e. The van der Waals surface area contributed by atoms with Gasteiger partial charge in [-0.25, -0.2) is 0 Å². The molecule has 4 nitrogen and oxygen atoms in total. The Balaban J connectivity index is 1.97. The number of ether oxygens (including phenoxy) is 1. The van der Waals surface area contributed by atoms with Gasteiger partial charge in [-0.1, -0.05) is 6.07 Å². The molecule has 1 amide bonds. The number of nitrogens with two attached hydrogens (primary N) is 1. The molecule has 1 saturated carbocycles. The van der Waals surface area contributed by atoms with Crippen LogP contribution in [0.3, 0.4) is 0 Å². The highest BCUT2D eigenvalue weighted by Gasteiger charge is 2.29. The summed E-state index contributed by atoms with van der Waals surface area (Å²) in [6, 6.07) is 5.69. The number of nitrogens with one attached hydrogen (secondary N) is 1. The van der Waals surface area contributed by atoms with Crippen LogP contribution in [0.2, 0.25) is 0 Å². The molecular weight excluding hydrogens is 228 g/mol. The molecule has 4 heteroatoms. The molecule has 1 aliphatic carbocycles. The van der Waals surface area contributed by atoms with E-state index >= 15 is 0 Å². The first-order chi connectivity index (χ1) is 8.60. The third-order valence-electron chi connectivity index (χ3n) is 3.28. The van der Waals surface area contributed by atoms with Gasteiger partial charge in [-0.3, -0.25) is 4.79 Å². The number of amides is 1. The zero-order chi connectivity index (χ0) is 13.1. The predicted octanol–water partition coefficient (Wildman–Crippen LogP) is 2.07.